The Balaban J connectivity index is 2.34. The van der Waals surface area contributed by atoms with Gasteiger partial charge in [0.2, 0.25) is 5.91 Å². The van der Waals surface area contributed by atoms with E-state index in [1.807, 2.05) is 0 Å². The number of carbonyl (C=O) groups is 1. The predicted octanol–water partition coefficient (Wildman–Crippen LogP) is 1.45. The van der Waals surface area contributed by atoms with Crippen LogP contribution in [0.25, 0.3) is 0 Å². The number of hydrogen-bond acceptors (Lipinski definition) is 3. The lowest BCUT2D eigenvalue weighted by Crippen LogP contribution is -2.33. The summed E-state index contributed by atoms with van der Waals surface area (Å²) in [5.41, 5.74) is 5.12. The topological polar surface area (TPSA) is 64.4 Å². The highest BCUT2D eigenvalue weighted by Crippen LogP contribution is 2.23. The van der Waals surface area contributed by atoms with E-state index in [9.17, 15) is 4.79 Å². The summed E-state index contributed by atoms with van der Waals surface area (Å²) in [6.45, 7) is 0.700. The SMILES string of the molecule is NCC(=O)NCCOc1cc(Cl)cc(Cl)c1. The average Bonchev–Trinajstić information content (AvgIpc) is 2.22. The van der Waals surface area contributed by atoms with Crippen molar-refractivity contribution in [3.63, 3.8) is 0 Å². The van der Waals surface area contributed by atoms with E-state index in [1.165, 1.54) is 0 Å². The summed E-state index contributed by atoms with van der Waals surface area (Å²) in [5.74, 6) is 0.354. The van der Waals surface area contributed by atoms with Gasteiger partial charge in [-0.3, -0.25) is 4.79 Å². The quantitative estimate of drug-likeness (QED) is 0.790. The summed E-state index contributed by atoms with van der Waals surface area (Å²) in [4.78, 5) is 10.8. The molecule has 0 aliphatic carbocycles. The second-order valence-corrected chi connectivity index (χ2v) is 3.88. The Kier molecular flexibility index (Phi) is 5.38. The molecule has 3 N–H and O–H groups in total. The largest absolute Gasteiger partial charge is 0.492 e. The fourth-order valence-corrected chi connectivity index (χ4v) is 1.55. The van der Waals surface area contributed by atoms with Crippen molar-refractivity contribution in [3.8, 4) is 5.75 Å². The zero-order valence-corrected chi connectivity index (χ0v) is 10.0. The number of carbonyl (C=O) groups excluding carboxylic acids is 1. The molecule has 1 aromatic rings. The molecule has 0 saturated carbocycles. The van der Waals surface area contributed by atoms with Crippen LogP contribution in [0, 0.1) is 0 Å². The smallest absolute Gasteiger partial charge is 0.233 e. The van der Waals surface area contributed by atoms with Gasteiger partial charge in [0.15, 0.2) is 0 Å². The van der Waals surface area contributed by atoms with Gasteiger partial charge in [-0.1, -0.05) is 23.2 Å². The third-order valence-electron chi connectivity index (χ3n) is 1.71. The second kappa shape index (κ2) is 6.58. The van der Waals surface area contributed by atoms with E-state index in [0.29, 0.717) is 28.9 Å². The number of rotatable bonds is 5. The van der Waals surface area contributed by atoms with E-state index in [-0.39, 0.29) is 12.5 Å². The summed E-state index contributed by atoms with van der Waals surface area (Å²) in [6, 6.07) is 4.92. The first-order chi connectivity index (χ1) is 7.61. The van der Waals surface area contributed by atoms with Crippen molar-refractivity contribution in [3.05, 3.63) is 28.2 Å². The minimum Gasteiger partial charge on any atom is -0.492 e. The van der Waals surface area contributed by atoms with Gasteiger partial charge in [-0.05, 0) is 18.2 Å². The molecule has 4 nitrogen and oxygen atoms in total. The fourth-order valence-electron chi connectivity index (χ4n) is 1.04. The predicted molar refractivity (Wildman–Crippen MR) is 64.0 cm³/mol. The molecule has 1 amide bonds. The van der Waals surface area contributed by atoms with E-state index >= 15 is 0 Å². The third-order valence-corrected chi connectivity index (χ3v) is 2.15. The maximum atomic E-state index is 10.8. The molecule has 0 atom stereocenters. The van der Waals surface area contributed by atoms with Crippen molar-refractivity contribution < 1.29 is 9.53 Å². The lowest BCUT2D eigenvalue weighted by atomic mass is 10.3. The van der Waals surface area contributed by atoms with Crippen LogP contribution in [0.2, 0.25) is 10.0 Å². The maximum absolute atomic E-state index is 10.8. The van der Waals surface area contributed by atoms with Crippen LogP contribution in [-0.2, 0) is 4.79 Å². The number of nitrogens with one attached hydrogen (secondary N) is 1. The summed E-state index contributed by atoms with van der Waals surface area (Å²) in [5, 5.41) is 3.59. The lowest BCUT2D eigenvalue weighted by molar-refractivity contribution is -0.119. The van der Waals surface area contributed by atoms with Crippen LogP contribution in [0.5, 0.6) is 5.75 Å². The van der Waals surface area contributed by atoms with Crippen LogP contribution in [-0.4, -0.2) is 25.6 Å². The van der Waals surface area contributed by atoms with Crippen molar-refractivity contribution in [2.24, 2.45) is 5.73 Å². The summed E-state index contributed by atoms with van der Waals surface area (Å²) in [7, 11) is 0. The van der Waals surface area contributed by atoms with Gasteiger partial charge in [0, 0.05) is 10.0 Å². The van der Waals surface area contributed by atoms with Crippen molar-refractivity contribution >= 4 is 29.1 Å². The first kappa shape index (κ1) is 13.1. The van der Waals surface area contributed by atoms with Crippen LogP contribution < -0.4 is 15.8 Å². The molecule has 88 valence electrons. The molecule has 1 aromatic carbocycles. The summed E-state index contributed by atoms with van der Waals surface area (Å²) >= 11 is 11.6. The van der Waals surface area contributed by atoms with E-state index < -0.39 is 0 Å². The van der Waals surface area contributed by atoms with Crippen LogP contribution in [0.15, 0.2) is 18.2 Å². The van der Waals surface area contributed by atoms with Gasteiger partial charge in [-0.15, -0.1) is 0 Å². The van der Waals surface area contributed by atoms with Crippen LogP contribution in [0.3, 0.4) is 0 Å². The maximum Gasteiger partial charge on any atom is 0.233 e. The monoisotopic (exact) mass is 262 g/mol. The minimum atomic E-state index is -0.215. The summed E-state index contributed by atoms with van der Waals surface area (Å²) < 4.78 is 5.34. The highest BCUT2D eigenvalue weighted by molar-refractivity contribution is 6.34. The lowest BCUT2D eigenvalue weighted by Gasteiger charge is -2.07. The number of amides is 1. The molecule has 1 rings (SSSR count). The minimum absolute atomic E-state index is 0.0248. The van der Waals surface area contributed by atoms with E-state index in [0.717, 1.165) is 0 Å². The zero-order valence-electron chi connectivity index (χ0n) is 8.50. The molecule has 6 heteroatoms. The van der Waals surface area contributed by atoms with Crippen LogP contribution in [0.1, 0.15) is 0 Å². The molecular weight excluding hydrogens is 251 g/mol. The van der Waals surface area contributed by atoms with E-state index in [1.54, 1.807) is 18.2 Å². The van der Waals surface area contributed by atoms with Crippen molar-refractivity contribution in [1.82, 2.24) is 5.32 Å². The molecule has 0 aromatic heterocycles. The number of ether oxygens (including phenoxy) is 1. The standard InChI is InChI=1S/C10H12Cl2N2O2/c11-7-3-8(12)5-9(4-7)16-2-1-14-10(15)6-13/h3-5H,1-2,6,13H2,(H,14,15). The van der Waals surface area contributed by atoms with Crippen molar-refractivity contribution in [1.29, 1.82) is 0 Å². The van der Waals surface area contributed by atoms with Crippen LogP contribution in [0.4, 0.5) is 0 Å². The molecular formula is C10H12Cl2N2O2. The number of nitrogens with two attached hydrogens (primary N) is 1. The average molecular weight is 263 g/mol. The Morgan fingerprint density at radius 1 is 1.31 bits per heavy atom. The van der Waals surface area contributed by atoms with Gasteiger partial charge in [0.05, 0.1) is 13.1 Å². The molecule has 0 bridgehead atoms. The Bertz CT molecular complexity index is 352. The zero-order chi connectivity index (χ0) is 12.0. The number of hydrogen-bond donors (Lipinski definition) is 2. The Labute approximate surface area is 104 Å². The molecule has 0 aliphatic heterocycles. The molecule has 0 radical (unpaired) electrons. The molecule has 16 heavy (non-hydrogen) atoms. The van der Waals surface area contributed by atoms with E-state index in [4.69, 9.17) is 33.7 Å². The van der Waals surface area contributed by atoms with Crippen molar-refractivity contribution in [2.45, 2.75) is 0 Å². The molecule has 0 unspecified atom stereocenters. The van der Waals surface area contributed by atoms with E-state index in [2.05, 4.69) is 5.32 Å². The number of benzene rings is 1. The third kappa shape index (κ3) is 4.70. The fraction of sp³-hybridized carbons (Fsp3) is 0.300. The van der Waals surface area contributed by atoms with Gasteiger partial charge >= 0.3 is 0 Å². The van der Waals surface area contributed by atoms with Gasteiger partial charge < -0.3 is 15.8 Å². The van der Waals surface area contributed by atoms with Gasteiger partial charge in [0.25, 0.3) is 0 Å². The normalized spacial score (nSPS) is 9.94. The van der Waals surface area contributed by atoms with Crippen LogP contribution >= 0.6 is 23.2 Å². The molecule has 0 aliphatic rings. The highest BCUT2D eigenvalue weighted by atomic mass is 35.5. The van der Waals surface area contributed by atoms with Gasteiger partial charge in [-0.2, -0.15) is 0 Å². The second-order valence-electron chi connectivity index (χ2n) is 3.01. The number of halogens is 2. The molecule has 0 saturated heterocycles. The molecule has 0 spiro atoms. The Morgan fingerprint density at radius 3 is 2.50 bits per heavy atom. The first-order valence-electron chi connectivity index (χ1n) is 4.67. The van der Waals surface area contributed by atoms with Gasteiger partial charge in [-0.25, -0.2) is 0 Å². The van der Waals surface area contributed by atoms with Crippen molar-refractivity contribution in [2.75, 3.05) is 19.7 Å². The molecule has 0 fully saturated rings. The first-order valence-corrected chi connectivity index (χ1v) is 5.43. The Morgan fingerprint density at radius 2 is 1.94 bits per heavy atom. The summed E-state index contributed by atoms with van der Waals surface area (Å²) in [6.07, 6.45) is 0. The van der Waals surface area contributed by atoms with Gasteiger partial charge in [0.1, 0.15) is 12.4 Å². The molecule has 0 heterocycles. The Hall–Kier alpha value is -0.970. The highest BCUT2D eigenvalue weighted by Gasteiger charge is 2.00.